The molecule has 1 aromatic heterocycles. The Morgan fingerprint density at radius 1 is 1.04 bits per heavy atom. The van der Waals surface area contributed by atoms with E-state index in [1.54, 1.807) is 6.07 Å². The third-order valence-corrected chi connectivity index (χ3v) is 4.72. The first-order chi connectivity index (χ1) is 12.2. The third kappa shape index (κ3) is 5.43. The SMILES string of the molecule is O=C(NCCc1ccc(Cl)cc1)c1ccc(NC2CCCCC2)nn1. The minimum absolute atomic E-state index is 0.203. The highest BCUT2D eigenvalue weighted by atomic mass is 35.5. The van der Waals surface area contributed by atoms with Gasteiger partial charge in [-0.3, -0.25) is 4.79 Å². The summed E-state index contributed by atoms with van der Waals surface area (Å²) in [6, 6.07) is 11.6. The monoisotopic (exact) mass is 358 g/mol. The predicted octanol–water partition coefficient (Wildman–Crippen LogP) is 3.85. The fourth-order valence-corrected chi connectivity index (χ4v) is 3.17. The first-order valence-corrected chi connectivity index (χ1v) is 9.21. The van der Waals surface area contributed by atoms with Crippen LogP contribution < -0.4 is 10.6 Å². The van der Waals surface area contributed by atoms with E-state index >= 15 is 0 Å². The highest BCUT2D eigenvalue weighted by Crippen LogP contribution is 2.20. The number of anilines is 1. The van der Waals surface area contributed by atoms with Gasteiger partial charge in [-0.1, -0.05) is 43.0 Å². The van der Waals surface area contributed by atoms with Crippen LogP contribution >= 0.6 is 11.6 Å². The smallest absolute Gasteiger partial charge is 0.271 e. The standard InChI is InChI=1S/C19H23ClN4O/c20-15-8-6-14(7-9-15)12-13-21-19(25)17-10-11-18(24-23-17)22-16-4-2-1-3-5-16/h6-11,16H,1-5,12-13H2,(H,21,25)(H,22,24). The van der Waals surface area contributed by atoms with Crippen LogP contribution in [0.1, 0.15) is 48.2 Å². The Morgan fingerprint density at radius 3 is 2.48 bits per heavy atom. The Morgan fingerprint density at radius 2 is 1.80 bits per heavy atom. The molecule has 0 radical (unpaired) electrons. The van der Waals surface area contributed by atoms with Gasteiger partial charge in [0, 0.05) is 17.6 Å². The summed E-state index contributed by atoms with van der Waals surface area (Å²) in [4.78, 5) is 12.1. The zero-order chi connectivity index (χ0) is 17.5. The minimum atomic E-state index is -0.203. The van der Waals surface area contributed by atoms with Crippen LogP contribution in [0, 0.1) is 0 Å². The number of benzene rings is 1. The number of carbonyl (C=O) groups excluding carboxylic acids is 1. The summed E-state index contributed by atoms with van der Waals surface area (Å²) in [6.07, 6.45) is 6.94. The van der Waals surface area contributed by atoms with Crippen molar-refractivity contribution in [3.63, 3.8) is 0 Å². The van der Waals surface area contributed by atoms with Gasteiger partial charge in [-0.2, -0.15) is 0 Å². The van der Waals surface area contributed by atoms with Gasteiger partial charge in [0.2, 0.25) is 0 Å². The number of rotatable bonds is 6. The van der Waals surface area contributed by atoms with Crippen molar-refractivity contribution in [3.05, 3.63) is 52.7 Å². The second-order valence-corrected chi connectivity index (χ2v) is 6.85. The Bertz CT molecular complexity index is 682. The van der Waals surface area contributed by atoms with E-state index in [0.29, 0.717) is 23.3 Å². The van der Waals surface area contributed by atoms with Crippen molar-refractivity contribution in [1.29, 1.82) is 0 Å². The lowest BCUT2D eigenvalue weighted by molar-refractivity contribution is 0.0948. The molecule has 2 N–H and O–H groups in total. The molecular weight excluding hydrogens is 336 g/mol. The Hall–Kier alpha value is -2.14. The molecule has 0 aliphatic heterocycles. The van der Waals surface area contributed by atoms with Crippen LogP contribution in [-0.2, 0) is 6.42 Å². The molecule has 0 unspecified atom stereocenters. The summed E-state index contributed by atoms with van der Waals surface area (Å²) in [5, 5.41) is 15.2. The van der Waals surface area contributed by atoms with Crippen LogP contribution in [0.4, 0.5) is 5.82 Å². The van der Waals surface area contributed by atoms with E-state index < -0.39 is 0 Å². The molecule has 1 aliphatic rings. The number of amides is 1. The molecule has 2 aromatic rings. The maximum atomic E-state index is 12.1. The molecular formula is C19H23ClN4O. The molecule has 1 aliphatic carbocycles. The van der Waals surface area contributed by atoms with Crippen LogP contribution in [0.5, 0.6) is 0 Å². The van der Waals surface area contributed by atoms with Crippen molar-refractivity contribution in [3.8, 4) is 0 Å². The predicted molar refractivity (Wildman–Crippen MR) is 100 cm³/mol. The van der Waals surface area contributed by atoms with Crippen LogP contribution in [0.25, 0.3) is 0 Å². The molecule has 132 valence electrons. The third-order valence-electron chi connectivity index (χ3n) is 4.47. The maximum absolute atomic E-state index is 12.1. The summed E-state index contributed by atoms with van der Waals surface area (Å²) in [7, 11) is 0. The van der Waals surface area contributed by atoms with Gasteiger partial charge in [0.25, 0.3) is 5.91 Å². The zero-order valence-electron chi connectivity index (χ0n) is 14.2. The lowest BCUT2D eigenvalue weighted by Gasteiger charge is -2.22. The first-order valence-electron chi connectivity index (χ1n) is 8.83. The van der Waals surface area contributed by atoms with E-state index in [1.165, 1.54) is 32.1 Å². The summed E-state index contributed by atoms with van der Waals surface area (Å²) in [5.74, 6) is 0.537. The average Bonchev–Trinajstić information content (AvgIpc) is 2.65. The summed E-state index contributed by atoms with van der Waals surface area (Å²) in [5.41, 5.74) is 1.47. The first kappa shape index (κ1) is 17.7. The number of nitrogens with one attached hydrogen (secondary N) is 2. The molecule has 0 spiro atoms. The van der Waals surface area contributed by atoms with E-state index in [-0.39, 0.29) is 5.91 Å². The van der Waals surface area contributed by atoms with Gasteiger partial charge < -0.3 is 10.6 Å². The molecule has 0 atom stereocenters. The topological polar surface area (TPSA) is 66.9 Å². The van der Waals surface area contributed by atoms with Gasteiger partial charge in [-0.05, 0) is 49.1 Å². The second-order valence-electron chi connectivity index (χ2n) is 6.42. The van der Waals surface area contributed by atoms with Crippen molar-refractivity contribution in [1.82, 2.24) is 15.5 Å². The highest BCUT2D eigenvalue weighted by Gasteiger charge is 2.14. The van der Waals surface area contributed by atoms with Crippen molar-refractivity contribution >= 4 is 23.3 Å². The average molecular weight is 359 g/mol. The van der Waals surface area contributed by atoms with Crippen molar-refractivity contribution in [2.24, 2.45) is 0 Å². The van der Waals surface area contributed by atoms with E-state index in [9.17, 15) is 4.79 Å². The van der Waals surface area contributed by atoms with Gasteiger partial charge in [0.05, 0.1) is 0 Å². The molecule has 0 saturated heterocycles. The van der Waals surface area contributed by atoms with Gasteiger partial charge in [-0.15, -0.1) is 10.2 Å². The summed E-state index contributed by atoms with van der Waals surface area (Å²) < 4.78 is 0. The summed E-state index contributed by atoms with van der Waals surface area (Å²) in [6.45, 7) is 0.546. The quantitative estimate of drug-likeness (QED) is 0.823. The molecule has 1 heterocycles. The molecule has 5 nitrogen and oxygen atoms in total. The number of carbonyl (C=O) groups is 1. The van der Waals surface area contributed by atoms with Crippen LogP contribution in [0.3, 0.4) is 0 Å². The Kier molecular flexibility index (Phi) is 6.23. The molecule has 6 heteroatoms. The molecule has 1 aromatic carbocycles. The van der Waals surface area contributed by atoms with E-state index in [2.05, 4.69) is 20.8 Å². The minimum Gasteiger partial charge on any atom is -0.366 e. The van der Waals surface area contributed by atoms with E-state index in [1.807, 2.05) is 30.3 Å². The van der Waals surface area contributed by atoms with Crippen LogP contribution in [0.15, 0.2) is 36.4 Å². The maximum Gasteiger partial charge on any atom is 0.271 e. The fourth-order valence-electron chi connectivity index (χ4n) is 3.05. The Labute approximate surface area is 153 Å². The van der Waals surface area contributed by atoms with Crippen LogP contribution in [-0.4, -0.2) is 28.7 Å². The molecule has 1 fully saturated rings. The van der Waals surface area contributed by atoms with Crippen molar-refractivity contribution in [2.45, 2.75) is 44.6 Å². The van der Waals surface area contributed by atoms with Gasteiger partial charge in [0.1, 0.15) is 5.82 Å². The van der Waals surface area contributed by atoms with Crippen molar-refractivity contribution < 1.29 is 4.79 Å². The number of nitrogens with zero attached hydrogens (tertiary/aromatic N) is 2. The molecule has 1 saturated carbocycles. The lowest BCUT2D eigenvalue weighted by atomic mass is 9.95. The zero-order valence-corrected chi connectivity index (χ0v) is 14.9. The number of hydrogen-bond donors (Lipinski definition) is 2. The van der Waals surface area contributed by atoms with Gasteiger partial charge in [0.15, 0.2) is 5.69 Å². The van der Waals surface area contributed by atoms with Gasteiger partial charge >= 0.3 is 0 Å². The largest absolute Gasteiger partial charge is 0.366 e. The number of halogens is 1. The van der Waals surface area contributed by atoms with Crippen LogP contribution in [0.2, 0.25) is 5.02 Å². The molecule has 1 amide bonds. The van der Waals surface area contributed by atoms with E-state index in [4.69, 9.17) is 11.6 Å². The second kappa shape index (κ2) is 8.81. The number of hydrogen-bond acceptors (Lipinski definition) is 4. The molecule has 0 bridgehead atoms. The van der Waals surface area contributed by atoms with E-state index in [0.717, 1.165) is 17.8 Å². The number of aromatic nitrogens is 2. The van der Waals surface area contributed by atoms with Gasteiger partial charge in [-0.25, -0.2) is 0 Å². The Balaban J connectivity index is 1.46. The highest BCUT2D eigenvalue weighted by molar-refractivity contribution is 6.30. The fraction of sp³-hybridized carbons (Fsp3) is 0.421. The summed E-state index contributed by atoms with van der Waals surface area (Å²) >= 11 is 5.86. The van der Waals surface area contributed by atoms with Crippen molar-refractivity contribution in [2.75, 3.05) is 11.9 Å². The molecule has 25 heavy (non-hydrogen) atoms. The normalized spacial score (nSPS) is 14.9. The molecule has 3 rings (SSSR count). The lowest BCUT2D eigenvalue weighted by Crippen LogP contribution is -2.27.